The van der Waals surface area contributed by atoms with E-state index >= 15 is 0 Å². The number of nitrogens with zero attached hydrogens (tertiary/aromatic N) is 1. The highest BCUT2D eigenvalue weighted by Crippen LogP contribution is 2.18. The van der Waals surface area contributed by atoms with Crippen LogP contribution in [0.25, 0.3) is 0 Å². The normalized spacial score (nSPS) is 12.1. The number of carboxylic acid groups (broad SMARTS) is 1. The van der Waals surface area contributed by atoms with Crippen molar-refractivity contribution in [1.82, 2.24) is 0 Å². The van der Waals surface area contributed by atoms with E-state index < -0.39 is 28.4 Å². The number of aliphatic carboxylic acids is 1. The predicted octanol–water partition coefficient (Wildman–Crippen LogP) is 0.688. The number of nitro benzene ring substituents is 1. The zero-order valence-electron chi connectivity index (χ0n) is 8.09. The molecule has 0 bridgehead atoms. The van der Waals surface area contributed by atoms with E-state index in [0.717, 1.165) is 12.1 Å². The van der Waals surface area contributed by atoms with E-state index in [9.17, 15) is 19.3 Å². The molecule has 3 N–H and O–H groups in total. The van der Waals surface area contributed by atoms with Crippen LogP contribution in [0.4, 0.5) is 10.1 Å². The summed E-state index contributed by atoms with van der Waals surface area (Å²) in [6, 6.07) is 2.03. The van der Waals surface area contributed by atoms with Gasteiger partial charge in [0.05, 0.1) is 4.92 Å². The molecule has 1 atom stereocenters. The highest BCUT2D eigenvalue weighted by Gasteiger charge is 2.17. The van der Waals surface area contributed by atoms with Crippen LogP contribution >= 0.6 is 0 Å². The molecule has 0 unspecified atom stereocenters. The number of carboxylic acids is 1. The molecule has 16 heavy (non-hydrogen) atoms. The van der Waals surface area contributed by atoms with Crippen LogP contribution in [0.15, 0.2) is 18.2 Å². The van der Waals surface area contributed by atoms with Crippen molar-refractivity contribution in [2.45, 2.75) is 12.5 Å². The van der Waals surface area contributed by atoms with Crippen LogP contribution in [0.2, 0.25) is 0 Å². The van der Waals surface area contributed by atoms with Crippen molar-refractivity contribution >= 4 is 11.7 Å². The van der Waals surface area contributed by atoms with Gasteiger partial charge in [-0.1, -0.05) is 6.07 Å². The fourth-order valence-corrected chi connectivity index (χ4v) is 1.17. The Hall–Kier alpha value is -2.02. The van der Waals surface area contributed by atoms with Crippen molar-refractivity contribution in [1.29, 1.82) is 0 Å². The molecule has 0 fully saturated rings. The summed E-state index contributed by atoms with van der Waals surface area (Å²) < 4.78 is 13.1. The summed E-state index contributed by atoms with van der Waals surface area (Å²) in [5.41, 5.74) is 4.90. The van der Waals surface area contributed by atoms with Crippen molar-refractivity contribution in [2.75, 3.05) is 0 Å². The van der Waals surface area contributed by atoms with Crippen LogP contribution in [0.1, 0.15) is 5.56 Å². The topological polar surface area (TPSA) is 106 Å². The van der Waals surface area contributed by atoms with E-state index in [1.165, 1.54) is 6.07 Å². The summed E-state index contributed by atoms with van der Waals surface area (Å²) in [4.78, 5) is 19.9. The van der Waals surface area contributed by atoms with Crippen LogP contribution in [-0.2, 0) is 11.2 Å². The minimum Gasteiger partial charge on any atom is -0.480 e. The van der Waals surface area contributed by atoms with Crippen LogP contribution in [-0.4, -0.2) is 22.0 Å². The molecule has 0 amide bonds. The smallest absolute Gasteiger partial charge is 0.320 e. The van der Waals surface area contributed by atoms with E-state index in [0.29, 0.717) is 5.56 Å². The monoisotopic (exact) mass is 228 g/mol. The molecule has 86 valence electrons. The van der Waals surface area contributed by atoms with Gasteiger partial charge in [0, 0.05) is 6.07 Å². The Bertz CT molecular complexity index is 436. The van der Waals surface area contributed by atoms with Gasteiger partial charge >= 0.3 is 11.7 Å². The molecule has 0 radical (unpaired) electrons. The Kier molecular flexibility index (Phi) is 3.51. The number of nitrogens with two attached hydrogens (primary N) is 1. The van der Waals surface area contributed by atoms with Crippen molar-refractivity contribution in [3.63, 3.8) is 0 Å². The van der Waals surface area contributed by atoms with Crippen molar-refractivity contribution in [3.8, 4) is 0 Å². The summed E-state index contributed by atoms with van der Waals surface area (Å²) in [5, 5.41) is 18.8. The predicted molar refractivity (Wildman–Crippen MR) is 52.4 cm³/mol. The van der Waals surface area contributed by atoms with Crippen LogP contribution in [0.5, 0.6) is 0 Å². The third kappa shape index (κ3) is 2.74. The minimum absolute atomic E-state index is 0.0791. The van der Waals surface area contributed by atoms with E-state index in [4.69, 9.17) is 10.8 Å². The third-order valence-corrected chi connectivity index (χ3v) is 1.98. The Morgan fingerprint density at radius 2 is 2.25 bits per heavy atom. The molecule has 0 heterocycles. The van der Waals surface area contributed by atoms with Gasteiger partial charge in [0.25, 0.3) is 0 Å². The number of benzene rings is 1. The molecule has 0 aliphatic heterocycles. The lowest BCUT2D eigenvalue weighted by atomic mass is 10.1. The highest BCUT2D eigenvalue weighted by atomic mass is 19.1. The SMILES string of the molecule is N[C@H](Cc1ccc([N+](=O)[O-])c(F)c1)C(=O)O. The van der Waals surface area contributed by atoms with E-state index in [1.54, 1.807) is 0 Å². The fraction of sp³-hybridized carbons (Fsp3) is 0.222. The largest absolute Gasteiger partial charge is 0.480 e. The van der Waals surface area contributed by atoms with Crippen LogP contribution < -0.4 is 5.73 Å². The Morgan fingerprint density at radius 1 is 1.62 bits per heavy atom. The average Bonchev–Trinajstić information content (AvgIpc) is 2.16. The first kappa shape index (κ1) is 12.1. The van der Waals surface area contributed by atoms with E-state index in [2.05, 4.69) is 0 Å². The molecular formula is C9H9FN2O4. The van der Waals surface area contributed by atoms with Gasteiger partial charge < -0.3 is 10.8 Å². The lowest BCUT2D eigenvalue weighted by Gasteiger charge is -2.06. The maximum Gasteiger partial charge on any atom is 0.320 e. The standard InChI is InChI=1S/C9H9FN2O4/c10-6-3-5(4-7(11)9(13)14)1-2-8(6)12(15)16/h1-3,7H,4,11H2,(H,13,14)/t7-/m1/s1. The van der Waals surface area contributed by atoms with Gasteiger partial charge in [-0.05, 0) is 18.1 Å². The quantitative estimate of drug-likeness (QED) is 0.582. The molecule has 6 nitrogen and oxygen atoms in total. The number of hydrogen-bond donors (Lipinski definition) is 2. The maximum absolute atomic E-state index is 13.1. The molecule has 7 heteroatoms. The average molecular weight is 228 g/mol. The number of hydrogen-bond acceptors (Lipinski definition) is 4. The zero-order chi connectivity index (χ0) is 12.3. The molecule has 0 aliphatic carbocycles. The van der Waals surface area contributed by atoms with Crippen molar-refractivity contribution in [2.24, 2.45) is 5.73 Å². The van der Waals surface area contributed by atoms with Gasteiger partial charge in [-0.25, -0.2) is 0 Å². The summed E-state index contributed by atoms with van der Waals surface area (Å²) in [6.07, 6.45) is -0.0791. The van der Waals surface area contributed by atoms with E-state index in [-0.39, 0.29) is 6.42 Å². The number of halogens is 1. The van der Waals surface area contributed by atoms with Crippen LogP contribution in [0.3, 0.4) is 0 Å². The van der Waals surface area contributed by atoms with Gasteiger partial charge in [0.2, 0.25) is 5.82 Å². The zero-order valence-corrected chi connectivity index (χ0v) is 8.09. The van der Waals surface area contributed by atoms with Gasteiger partial charge in [-0.2, -0.15) is 4.39 Å². The van der Waals surface area contributed by atoms with E-state index in [1.807, 2.05) is 0 Å². The summed E-state index contributed by atoms with van der Waals surface area (Å²) >= 11 is 0. The molecule has 0 saturated heterocycles. The van der Waals surface area contributed by atoms with Crippen molar-refractivity contribution < 1.29 is 19.2 Å². The van der Waals surface area contributed by atoms with Crippen molar-refractivity contribution in [3.05, 3.63) is 39.7 Å². The molecule has 0 aromatic heterocycles. The third-order valence-electron chi connectivity index (χ3n) is 1.98. The Morgan fingerprint density at radius 3 is 2.69 bits per heavy atom. The summed E-state index contributed by atoms with van der Waals surface area (Å²) in [6.45, 7) is 0. The first-order valence-corrected chi connectivity index (χ1v) is 4.33. The molecule has 1 rings (SSSR count). The van der Waals surface area contributed by atoms with Gasteiger partial charge in [0.1, 0.15) is 6.04 Å². The second-order valence-corrected chi connectivity index (χ2v) is 3.19. The summed E-state index contributed by atoms with van der Waals surface area (Å²) in [7, 11) is 0. The van der Waals surface area contributed by atoms with Gasteiger partial charge in [-0.15, -0.1) is 0 Å². The number of carbonyl (C=O) groups is 1. The fourth-order valence-electron chi connectivity index (χ4n) is 1.17. The first-order valence-electron chi connectivity index (χ1n) is 4.33. The lowest BCUT2D eigenvalue weighted by molar-refractivity contribution is -0.387. The van der Waals surface area contributed by atoms with Crippen LogP contribution in [0, 0.1) is 15.9 Å². The maximum atomic E-state index is 13.1. The molecule has 0 spiro atoms. The Labute approximate surface area is 89.6 Å². The second kappa shape index (κ2) is 4.67. The molecular weight excluding hydrogens is 219 g/mol. The molecule has 1 aromatic rings. The number of nitro groups is 1. The number of rotatable bonds is 4. The van der Waals surface area contributed by atoms with Gasteiger partial charge in [0.15, 0.2) is 0 Å². The minimum atomic E-state index is -1.21. The molecule has 0 aliphatic rings. The lowest BCUT2D eigenvalue weighted by Crippen LogP contribution is -2.32. The summed E-state index contributed by atoms with van der Waals surface area (Å²) in [5.74, 6) is -2.21. The molecule has 1 aromatic carbocycles. The first-order chi connectivity index (χ1) is 7.41. The molecule has 0 saturated carbocycles. The second-order valence-electron chi connectivity index (χ2n) is 3.19. The highest BCUT2D eigenvalue weighted by molar-refractivity contribution is 5.73. The Balaban J connectivity index is 2.89. The van der Waals surface area contributed by atoms with Gasteiger partial charge in [-0.3, -0.25) is 14.9 Å².